The highest BCUT2D eigenvalue weighted by atomic mass is 79.9. The Morgan fingerprint density at radius 3 is 2.65 bits per heavy atom. The summed E-state index contributed by atoms with van der Waals surface area (Å²) >= 11 is 3.42. The molecule has 2 heterocycles. The third-order valence-corrected chi connectivity index (χ3v) is 3.27. The van der Waals surface area contributed by atoms with Crippen molar-refractivity contribution >= 4 is 28.1 Å². The molecule has 0 spiro atoms. The van der Waals surface area contributed by atoms with Gasteiger partial charge in [0.25, 0.3) is 0 Å². The van der Waals surface area contributed by atoms with Crippen LogP contribution < -0.4 is 0 Å². The molecule has 5 heteroatoms. The van der Waals surface area contributed by atoms with Crippen molar-refractivity contribution in [1.82, 2.24) is 19.7 Å². The van der Waals surface area contributed by atoms with E-state index in [-0.39, 0.29) is 0 Å². The first-order valence-corrected chi connectivity index (χ1v) is 6.85. The van der Waals surface area contributed by atoms with Crippen molar-refractivity contribution < 1.29 is 0 Å². The quantitative estimate of drug-likeness (QED) is 0.738. The van der Waals surface area contributed by atoms with Crippen LogP contribution in [0.5, 0.6) is 0 Å². The van der Waals surface area contributed by atoms with Crippen LogP contribution in [0.3, 0.4) is 0 Å². The Labute approximate surface area is 124 Å². The van der Waals surface area contributed by atoms with Crippen molar-refractivity contribution in [2.75, 3.05) is 0 Å². The molecule has 20 heavy (non-hydrogen) atoms. The Bertz CT molecular complexity index is 717. The number of nitrogens with zero attached hydrogens (tertiary/aromatic N) is 4. The van der Waals surface area contributed by atoms with Crippen molar-refractivity contribution in [3.05, 3.63) is 71.0 Å². The molecule has 0 aliphatic heterocycles. The second kappa shape index (κ2) is 5.79. The fourth-order valence-electron chi connectivity index (χ4n) is 1.74. The first-order valence-electron chi connectivity index (χ1n) is 6.06. The Morgan fingerprint density at radius 1 is 1.05 bits per heavy atom. The topological polar surface area (TPSA) is 43.6 Å². The highest BCUT2D eigenvalue weighted by Crippen LogP contribution is 2.14. The van der Waals surface area contributed by atoms with Crippen molar-refractivity contribution in [1.29, 1.82) is 0 Å². The average molecular weight is 327 g/mol. The Kier molecular flexibility index (Phi) is 3.69. The third-order valence-electron chi connectivity index (χ3n) is 2.75. The lowest BCUT2D eigenvalue weighted by molar-refractivity contribution is 0.880. The third kappa shape index (κ3) is 3.00. The van der Waals surface area contributed by atoms with Crippen molar-refractivity contribution in [2.24, 2.45) is 0 Å². The van der Waals surface area contributed by atoms with Gasteiger partial charge >= 0.3 is 0 Å². The second-order valence-electron chi connectivity index (χ2n) is 4.16. The number of aromatic nitrogens is 4. The molecule has 0 aliphatic rings. The summed E-state index contributed by atoms with van der Waals surface area (Å²) in [4.78, 5) is 8.02. The molecule has 0 radical (unpaired) electrons. The summed E-state index contributed by atoms with van der Waals surface area (Å²) in [7, 11) is 0. The monoisotopic (exact) mass is 326 g/mol. The van der Waals surface area contributed by atoms with Gasteiger partial charge in [-0.15, -0.1) is 0 Å². The van der Waals surface area contributed by atoms with Gasteiger partial charge in [-0.2, -0.15) is 5.10 Å². The lowest BCUT2D eigenvalue weighted by atomic mass is 10.3. The normalized spacial score (nSPS) is 11.1. The van der Waals surface area contributed by atoms with Crippen LogP contribution in [0, 0.1) is 0 Å². The van der Waals surface area contributed by atoms with Gasteiger partial charge in [-0.3, -0.25) is 0 Å². The van der Waals surface area contributed by atoms with Crippen LogP contribution in [0.2, 0.25) is 0 Å². The van der Waals surface area contributed by atoms with Crippen LogP contribution >= 0.6 is 15.9 Å². The van der Waals surface area contributed by atoms with Gasteiger partial charge in [0.1, 0.15) is 6.33 Å². The molecular weight excluding hydrogens is 316 g/mol. The van der Waals surface area contributed by atoms with E-state index in [0.29, 0.717) is 0 Å². The van der Waals surface area contributed by atoms with Crippen LogP contribution in [-0.2, 0) is 0 Å². The number of benzene rings is 1. The molecule has 3 aromatic rings. The second-order valence-corrected chi connectivity index (χ2v) is 5.08. The molecule has 2 aromatic heterocycles. The average Bonchev–Trinajstić information content (AvgIpc) is 2.96. The Balaban J connectivity index is 1.80. The Hall–Kier alpha value is -2.27. The van der Waals surface area contributed by atoms with E-state index in [2.05, 4.69) is 31.0 Å². The zero-order valence-electron chi connectivity index (χ0n) is 10.5. The minimum atomic E-state index is 0.872. The van der Waals surface area contributed by atoms with Gasteiger partial charge in [0.2, 0.25) is 0 Å². The maximum atomic E-state index is 4.35. The highest BCUT2D eigenvalue weighted by Gasteiger charge is 1.98. The van der Waals surface area contributed by atoms with Gasteiger partial charge in [0.15, 0.2) is 0 Å². The number of rotatable bonds is 3. The number of hydrogen-bond acceptors (Lipinski definition) is 3. The van der Waals surface area contributed by atoms with Gasteiger partial charge in [-0.1, -0.05) is 15.9 Å². The Morgan fingerprint density at radius 2 is 1.90 bits per heavy atom. The molecular formula is C15H11BrN4. The minimum absolute atomic E-state index is 0.872. The van der Waals surface area contributed by atoms with E-state index in [1.54, 1.807) is 6.20 Å². The van der Waals surface area contributed by atoms with E-state index >= 15 is 0 Å². The predicted molar refractivity (Wildman–Crippen MR) is 82.2 cm³/mol. The van der Waals surface area contributed by atoms with Gasteiger partial charge in [-0.25, -0.2) is 14.6 Å². The van der Waals surface area contributed by atoms with Crippen molar-refractivity contribution in [3.63, 3.8) is 0 Å². The fourth-order valence-corrected chi connectivity index (χ4v) is 2.00. The summed E-state index contributed by atoms with van der Waals surface area (Å²) in [5.74, 6) is 0. The van der Waals surface area contributed by atoms with E-state index in [9.17, 15) is 0 Å². The highest BCUT2D eigenvalue weighted by molar-refractivity contribution is 9.10. The van der Waals surface area contributed by atoms with E-state index in [4.69, 9.17) is 0 Å². The van der Waals surface area contributed by atoms with E-state index in [0.717, 1.165) is 21.4 Å². The SMILES string of the molecule is Brc1ccc(-n2cc(/C=C/c3ccncn3)cn2)cc1. The van der Waals surface area contributed by atoms with Gasteiger partial charge in [-0.05, 0) is 42.5 Å². The molecule has 0 N–H and O–H groups in total. The van der Waals surface area contributed by atoms with Gasteiger partial charge < -0.3 is 0 Å². The van der Waals surface area contributed by atoms with Crippen LogP contribution in [0.25, 0.3) is 17.8 Å². The summed E-state index contributed by atoms with van der Waals surface area (Å²) in [6, 6.07) is 9.86. The van der Waals surface area contributed by atoms with E-state index in [1.807, 2.05) is 59.6 Å². The zero-order chi connectivity index (χ0) is 13.8. The molecule has 0 saturated carbocycles. The summed E-state index contributed by atoms with van der Waals surface area (Å²) < 4.78 is 2.89. The van der Waals surface area contributed by atoms with Crippen LogP contribution in [0.15, 0.2) is 59.7 Å². The molecule has 0 fully saturated rings. The van der Waals surface area contributed by atoms with Crippen molar-refractivity contribution in [2.45, 2.75) is 0 Å². The lowest BCUT2D eigenvalue weighted by Crippen LogP contribution is -1.92. The molecule has 0 aliphatic carbocycles. The molecule has 4 nitrogen and oxygen atoms in total. The molecule has 0 atom stereocenters. The molecule has 0 saturated heterocycles. The van der Waals surface area contributed by atoms with E-state index < -0.39 is 0 Å². The maximum absolute atomic E-state index is 4.35. The predicted octanol–water partition coefficient (Wildman–Crippen LogP) is 3.60. The fraction of sp³-hybridized carbons (Fsp3) is 0. The van der Waals surface area contributed by atoms with E-state index in [1.165, 1.54) is 6.33 Å². The van der Waals surface area contributed by atoms with Crippen LogP contribution in [0.1, 0.15) is 11.3 Å². The van der Waals surface area contributed by atoms with Gasteiger partial charge in [0, 0.05) is 22.4 Å². The molecule has 98 valence electrons. The molecule has 1 aromatic carbocycles. The minimum Gasteiger partial charge on any atom is -0.245 e. The standard InChI is InChI=1S/C15H11BrN4/c16-13-2-5-15(6-3-13)20-10-12(9-19-20)1-4-14-7-8-17-11-18-14/h1-11H/b4-1+. The van der Waals surface area contributed by atoms with Gasteiger partial charge in [0.05, 0.1) is 17.6 Å². The molecule has 0 unspecified atom stereocenters. The summed E-state index contributed by atoms with van der Waals surface area (Å²) in [6.45, 7) is 0. The molecule has 0 bridgehead atoms. The number of halogens is 1. The first-order chi connectivity index (χ1) is 9.81. The zero-order valence-corrected chi connectivity index (χ0v) is 12.1. The largest absolute Gasteiger partial charge is 0.245 e. The van der Waals surface area contributed by atoms with Crippen LogP contribution in [0.4, 0.5) is 0 Å². The number of hydrogen-bond donors (Lipinski definition) is 0. The van der Waals surface area contributed by atoms with Crippen molar-refractivity contribution in [3.8, 4) is 5.69 Å². The summed E-state index contributed by atoms with van der Waals surface area (Å²) in [5, 5.41) is 4.35. The molecule has 0 amide bonds. The van der Waals surface area contributed by atoms with Crippen LogP contribution in [-0.4, -0.2) is 19.7 Å². The molecule has 3 rings (SSSR count). The first kappa shape index (κ1) is 12.7. The lowest BCUT2D eigenvalue weighted by Gasteiger charge is -1.99. The maximum Gasteiger partial charge on any atom is 0.115 e. The summed E-state index contributed by atoms with van der Waals surface area (Å²) in [6.07, 6.45) is 11.0. The summed E-state index contributed by atoms with van der Waals surface area (Å²) in [5.41, 5.74) is 2.91. The smallest absolute Gasteiger partial charge is 0.115 e.